The Balaban J connectivity index is 1.32. The quantitative estimate of drug-likeness (QED) is 0.352. The van der Waals surface area contributed by atoms with Crippen molar-refractivity contribution in [2.45, 2.75) is 51.2 Å². The zero-order valence-electron chi connectivity index (χ0n) is 21.2. The highest BCUT2D eigenvalue weighted by Crippen LogP contribution is 2.45. The summed E-state index contributed by atoms with van der Waals surface area (Å²) in [4.78, 5) is 35.6. The van der Waals surface area contributed by atoms with Crippen molar-refractivity contribution in [3.63, 3.8) is 0 Å². The average molecular weight is 515 g/mol. The van der Waals surface area contributed by atoms with Gasteiger partial charge >= 0.3 is 12.0 Å². The van der Waals surface area contributed by atoms with Gasteiger partial charge in [0.1, 0.15) is 23.4 Å². The lowest BCUT2D eigenvalue weighted by molar-refractivity contribution is -0.134. The Kier molecular flexibility index (Phi) is 6.06. The number of nitrogens with zero attached hydrogens (tertiary/aromatic N) is 3. The Bertz CT molecular complexity index is 1480. The number of carbonyl (C=O) groups excluding carboxylic acids is 2. The first-order valence-electron chi connectivity index (χ1n) is 12.7. The molecule has 1 fully saturated rings. The number of hydrogen-bond donors (Lipinski definition) is 1. The molecular weight excluding hydrogens is 487 g/mol. The Morgan fingerprint density at radius 3 is 2.84 bits per heavy atom. The Hall–Kier alpha value is -4.27. The molecule has 194 valence electrons. The number of aryl methyl sites for hydroxylation is 2. The minimum Gasteiger partial charge on any atom is -0.484 e. The Morgan fingerprint density at radius 2 is 2.08 bits per heavy atom. The van der Waals surface area contributed by atoms with Crippen LogP contribution in [0.25, 0.3) is 6.08 Å². The summed E-state index contributed by atoms with van der Waals surface area (Å²) in [7, 11) is 1.32. The van der Waals surface area contributed by atoms with Gasteiger partial charge in [0.2, 0.25) is 0 Å². The van der Waals surface area contributed by atoms with E-state index in [-0.39, 0.29) is 11.8 Å². The van der Waals surface area contributed by atoms with Crippen LogP contribution in [-0.2, 0) is 22.5 Å². The molecule has 1 saturated carbocycles. The van der Waals surface area contributed by atoms with Crippen LogP contribution in [0.4, 0.5) is 20.6 Å². The van der Waals surface area contributed by atoms with Gasteiger partial charge in [-0.15, -0.1) is 0 Å². The van der Waals surface area contributed by atoms with Crippen LogP contribution in [-0.4, -0.2) is 29.1 Å². The van der Waals surface area contributed by atoms with E-state index in [1.165, 1.54) is 19.3 Å². The summed E-state index contributed by atoms with van der Waals surface area (Å²) in [5, 5.41) is 3.02. The topological polar surface area (TPSA) is 93.7 Å². The molecule has 38 heavy (non-hydrogen) atoms. The summed E-state index contributed by atoms with van der Waals surface area (Å²) in [5.41, 5.74) is 6.20. The molecule has 3 aromatic rings. The molecule has 8 nitrogen and oxygen atoms in total. The predicted octanol–water partition coefficient (Wildman–Crippen LogP) is 5.61. The Labute approximate surface area is 219 Å². The van der Waals surface area contributed by atoms with Gasteiger partial charge < -0.3 is 14.8 Å². The van der Waals surface area contributed by atoms with Gasteiger partial charge in [-0.1, -0.05) is 6.07 Å². The van der Waals surface area contributed by atoms with E-state index in [9.17, 15) is 14.0 Å². The van der Waals surface area contributed by atoms with Crippen LogP contribution in [0.5, 0.6) is 5.75 Å². The average Bonchev–Trinajstić information content (AvgIpc) is 3.76. The van der Waals surface area contributed by atoms with Crippen molar-refractivity contribution in [3.05, 3.63) is 82.2 Å². The minimum absolute atomic E-state index is 0.264. The standard InChI is InChI=1S/C29H27FN4O4/c1-16-12-18-7-9-24(28-21(30)4-3-11-31-28)38-25(18)14-23(16)34-15-20-22(33-29(34)36)13-19(8-10-26(35)37-2)32-27(20)17-5-6-17/h3-4,8,10-14,17,24H,5-7,9,15H2,1-2H3,(H,33,36). The largest absolute Gasteiger partial charge is 0.484 e. The van der Waals surface area contributed by atoms with Crippen molar-refractivity contribution in [1.82, 2.24) is 9.97 Å². The number of methoxy groups -OCH3 is 1. The van der Waals surface area contributed by atoms with Gasteiger partial charge in [0.15, 0.2) is 0 Å². The summed E-state index contributed by atoms with van der Waals surface area (Å²) >= 11 is 0. The number of halogens is 1. The predicted molar refractivity (Wildman–Crippen MR) is 140 cm³/mol. The highest BCUT2D eigenvalue weighted by atomic mass is 19.1. The minimum atomic E-state index is -0.489. The molecule has 2 amide bonds. The summed E-state index contributed by atoms with van der Waals surface area (Å²) in [5.74, 6) is 0.107. The van der Waals surface area contributed by atoms with E-state index < -0.39 is 12.1 Å². The molecule has 1 aliphatic carbocycles. The molecular formula is C29H27FN4O4. The Morgan fingerprint density at radius 1 is 1.24 bits per heavy atom. The van der Waals surface area contributed by atoms with E-state index in [1.807, 2.05) is 19.1 Å². The van der Waals surface area contributed by atoms with Crippen molar-refractivity contribution in [1.29, 1.82) is 0 Å². The van der Waals surface area contributed by atoms with Gasteiger partial charge in [0.05, 0.1) is 36.4 Å². The van der Waals surface area contributed by atoms with Gasteiger partial charge in [-0.05, 0) is 68.0 Å². The first-order chi connectivity index (χ1) is 18.4. The van der Waals surface area contributed by atoms with Gasteiger partial charge in [-0.25, -0.2) is 14.0 Å². The number of hydrogen-bond acceptors (Lipinski definition) is 6. The zero-order chi connectivity index (χ0) is 26.4. The fraction of sp³-hybridized carbons (Fsp3) is 0.310. The van der Waals surface area contributed by atoms with E-state index in [1.54, 1.807) is 29.3 Å². The fourth-order valence-electron chi connectivity index (χ4n) is 5.16. The number of aromatic nitrogens is 2. The van der Waals surface area contributed by atoms with Gasteiger partial charge in [0.25, 0.3) is 0 Å². The number of rotatable bonds is 5. The SMILES string of the molecule is COC(=O)C=Cc1cc2c(c(C3CC3)n1)CN(c1cc3c(cc1C)CCC(c1ncccc1F)O3)C(=O)N2. The maximum Gasteiger partial charge on any atom is 0.330 e. The molecule has 2 aromatic heterocycles. The number of pyridine rings is 2. The molecule has 4 heterocycles. The number of benzene rings is 1. The first kappa shape index (κ1) is 24.1. The van der Waals surface area contributed by atoms with Crippen molar-refractivity contribution < 1.29 is 23.5 Å². The summed E-state index contributed by atoms with van der Waals surface area (Å²) < 4.78 is 25.3. The van der Waals surface area contributed by atoms with Crippen LogP contribution in [0.2, 0.25) is 0 Å². The number of ether oxygens (including phenoxy) is 2. The van der Waals surface area contributed by atoms with Crippen LogP contribution < -0.4 is 15.0 Å². The number of urea groups is 1. The number of nitrogens with one attached hydrogen (secondary N) is 1. The van der Waals surface area contributed by atoms with E-state index in [0.29, 0.717) is 41.7 Å². The van der Waals surface area contributed by atoms with E-state index in [4.69, 9.17) is 9.72 Å². The normalized spacial score (nSPS) is 18.4. The second-order valence-electron chi connectivity index (χ2n) is 9.87. The monoisotopic (exact) mass is 514 g/mol. The molecule has 1 aromatic carbocycles. The highest BCUT2D eigenvalue weighted by Gasteiger charge is 2.35. The third-order valence-electron chi connectivity index (χ3n) is 7.24. The number of esters is 1. The van der Waals surface area contributed by atoms with Crippen LogP contribution >= 0.6 is 0 Å². The molecule has 6 rings (SSSR count). The lowest BCUT2D eigenvalue weighted by atomic mass is 9.96. The molecule has 1 atom stereocenters. The third kappa shape index (κ3) is 4.49. The number of anilines is 2. The molecule has 1 unspecified atom stereocenters. The summed E-state index contributed by atoms with van der Waals surface area (Å²) in [6.45, 7) is 2.34. The molecule has 9 heteroatoms. The summed E-state index contributed by atoms with van der Waals surface area (Å²) in [6.07, 6.45) is 7.42. The molecule has 0 radical (unpaired) electrons. The molecule has 0 saturated heterocycles. The van der Waals surface area contributed by atoms with Crippen molar-refractivity contribution >= 4 is 29.5 Å². The van der Waals surface area contributed by atoms with Gasteiger partial charge in [-0.3, -0.25) is 14.9 Å². The molecule has 0 spiro atoms. The summed E-state index contributed by atoms with van der Waals surface area (Å²) in [6, 6.07) is 8.38. The van der Waals surface area contributed by atoms with Crippen molar-refractivity contribution in [3.8, 4) is 5.75 Å². The van der Waals surface area contributed by atoms with Gasteiger partial charge in [0, 0.05) is 29.8 Å². The second-order valence-corrected chi connectivity index (χ2v) is 9.87. The zero-order valence-corrected chi connectivity index (χ0v) is 21.2. The number of carbonyl (C=O) groups is 2. The first-order valence-corrected chi connectivity index (χ1v) is 12.7. The highest BCUT2D eigenvalue weighted by molar-refractivity contribution is 6.05. The van der Waals surface area contributed by atoms with E-state index >= 15 is 0 Å². The van der Waals surface area contributed by atoms with Crippen molar-refractivity contribution in [2.24, 2.45) is 0 Å². The van der Waals surface area contributed by atoms with Crippen LogP contribution in [0, 0.1) is 12.7 Å². The maximum absolute atomic E-state index is 14.4. The third-order valence-corrected chi connectivity index (χ3v) is 7.24. The number of fused-ring (bicyclic) bond motifs is 2. The van der Waals surface area contributed by atoms with Gasteiger partial charge in [-0.2, -0.15) is 0 Å². The maximum atomic E-state index is 14.4. The second kappa shape index (κ2) is 9.55. The van der Waals surface area contributed by atoms with E-state index in [2.05, 4.69) is 15.0 Å². The lowest BCUT2D eigenvalue weighted by Crippen LogP contribution is -2.40. The number of amides is 2. The molecule has 1 N–H and O–H groups in total. The van der Waals surface area contributed by atoms with Crippen molar-refractivity contribution in [2.75, 3.05) is 17.3 Å². The molecule has 0 bridgehead atoms. The van der Waals surface area contributed by atoms with E-state index in [0.717, 1.165) is 47.3 Å². The van der Waals surface area contributed by atoms with Crippen LogP contribution in [0.3, 0.4) is 0 Å². The lowest BCUT2D eigenvalue weighted by Gasteiger charge is -2.33. The molecule has 2 aliphatic heterocycles. The van der Waals surface area contributed by atoms with Crippen LogP contribution in [0.15, 0.2) is 42.6 Å². The fourth-order valence-corrected chi connectivity index (χ4v) is 5.16. The molecule has 3 aliphatic rings. The smallest absolute Gasteiger partial charge is 0.330 e. The van der Waals surface area contributed by atoms with Crippen LogP contribution in [0.1, 0.15) is 65.1 Å².